The van der Waals surface area contributed by atoms with E-state index < -0.39 is 14.9 Å². The Hall–Kier alpha value is -1.54. The molecule has 1 N–H and O–H groups in total. The Morgan fingerprint density at radius 2 is 1.65 bits per heavy atom. The van der Waals surface area contributed by atoms with Gasteiger partial charge in [-0.15, -0.1) is 0 Å². The highest BCUT2D eigenvalue weighted by Gasteiger charge is 2.21. The van der Waals surface area contributed by atoms with E-state index in [-0.39, 0.29) is 31.3 Å². The third kappa shape index (κ3) is 3.87. The van der Waals surface area contributed by atoms with Gasteiger partial charge in [0.25, 0.3) is 15.7 Å². The van der Waals surface area contributed by atoms with Crippen molar-refractivity contribution < 1.29 is 13.3 Å². The maximum absolute atomic E-state index is 12.4. The van der Waals surface area contributed by atoms with Crippen molar-refractivity contribution in [2.75, 3.05) is 4.72 Å². The highest BCUT2D eigenvalue weighted by molar-refractivity contribution is 7.92. The monoisotopic (exact) mass is 394 g/mol. The first-order valence-electron chi connectivity index (χ1n) is 6.04. The molecule has 6 nitrogen and oxygen atoms in total. The molecule has 2 aromatic rings. The number of hydrogen-bond donors (Lipinski definition) is 1. The van der Waals surface area contributed by atoms with Crippen molar-refractivity contribution in [2.24, 2.45) is 0 Å². The molecule has 2 aromatic carbocycles. The minimum Gasteiger partial charge on any atom is -0.279 e. The van der Waals surface area contributed by atoms with E-state index in [2.05, 4.69) is 4.72 Å². The van der Waals surface area contributed by atoms with Gasteiger partial charge >= 0.3 is 0 Å². The van der Waals surface area contributed by atoms with Crippen molar-refractivity contribution in [2.45, 2.75) is 11.8 Å². The molecule has 0 spiro atoms. The van der Waals surface area contributed by atoms with Crippen LogP contribution in [0.5, 0.6) is 0 Å². The molecule has 0 aromatic heterocycles. The lowest BCUT2D eigenvalue weighted by Gasteiger charge is -2.11. The number of halogens is 3. The highest BCUT2D eigenvalue weighted by Crippen LogP contribution is 2.33. The minimum atomic E-state index is -4.09. The molecule has 0 aliphatic rings. The molecule has 0 amide bonds. The topological polar surface area (TPSA) is 89.3 Å². The Bertz CT molecular complexity index is 900. The molecular formula is C13H9Cl3N2O4S. The van der Waals surface area contributed by atoms with Crippen LogP contribution in [-0.2, 0) is 10.0 Å². The Morgan fingerprint density at radius 1 is 1.04 bits per heavy atom. The molecule has 0 fully saturated rings. The number of hydrogen-bond acceptors (Lipinski definition) is 4. The number of aryl methyl sites for hydroxylation is 1. The first kappa shape index (κ1) is 17.8. The van der Waals surface area contributed by atoms with Crippen LogP contribution >= 0.6 is 34.8 Å². The fourth-order valence-electron chi connectivity index (χ4n) is 1.79. The van der Waals surface area contributed by atoms with Gasteiger partial charge in [0.15, 0.2) is 0 Å². The highest BCUT2D eigenvalue weighted by atomic mass is 35.5. The van der Waals surface area contributed by atoms with E-state index in [1.165, 1.54) is 18.2 Å². The lowest BCUT2D eigenvalue weighted by Crippen LogP contribution is -2.14. The second-order valence-electron chi connectivity index (χ2n) is 4.56. The zero-order valence-electron chi connectivity index (χ0n) is 11.5. The number of rotatable bonds is 4. The molecule has 0 atom stereocenters. The van der Waals surface area contributed by atoms with Gasteiger partial charge in [0.05, 0.1) is 25.7 Å². The van der Waals surface area contributed by atoms with E-state index >= 15 is 0 Å². The zero-order valence-corrected chi connectivity index (χ0v) is 14.6. The first-order valence-corrected chi connectivity index (χ1v) is 8.66. The molecule has 122 valence electrons. The summed E-state index contributed by atoms with van der Waals surface area (Å²) in [7, 11) is -4.09. The standard InChI is InChI=1S/C13H9Cl3N2O4S/c1-7-2-3-8(4-12(7)18(19)20)17-23(21,22)13-6-10(15)9(14)5-11(13)16/h2-6,17H,1H3. The van der Waals surface area contributed by atoms with Crippen LogP contribution in [0.15, 0.2) is 35.2 Å². The van der Waals surface area contributed by atoms with Gasteiger partial charge in [0.1, 0.15) is 4.90 Å². The van der Waals surface area contributed by atoms with Gasteiger partial charge in [-0.2, -0.15) is 0 Å². The summed E-state index contributed by atoms with van der Waals surface area (Å²) in [5.74, 6) is 0. The van der Waals surface area contributed by atoms with Crippen LogP contribution in [0.4, 0.5) is 11.4 Å². The number of sulfonamides is 1. The molecule has 0 heterocycles. The smallest absolute Gasteiger partial charge is 0.274 e. The molecule has 0 unspecified atom stereocenters. The molecule has 0 aliphatic heterocycles. The summed E-state index contributed by atoms with van der Waals surface area (Å²) in [4.78, 5) is 10.0. The second kappa shape index (κ2) is 6.52. The third-order valence-corrected chi connectivity index (χ3v) is 5.49. The van der Waals surface area contributed by atoms with E-state index in [0.29, 0.717) is 5.56 Å². The minimum absolute atomic E-state index is 0.0197. The normalized spacial score (nSPS) is 11.3. The lowest BCUT2D eigenvalue weighted by atomic mass is 10.2. The predicted octanol–water partition coefficient (Wildman–Crippen LogP) is 4.66. The van der Waals surface area contributed by atoms with Gasteiger partial charge in [-0.05, 0) is 25.1 Å². The number of nitro groups is 1. The Morgan fingerprint density at radius 3 is 2.26 bits per heavy atom. The fraction of sp³-hybridized carbons (Fsp3) is 0.0769. The van der Waals surface area contributed by atoms with Crippen molar-refractivity contribution >= 4 is 56.2 Å². The summed E-state index contributed by atoms with van der Waals surface area (Å²) >= 11 is 17.5. The van der Waals surface area contributed by atoms with Crippen molar-refractivity contribution in [3.05, 3.63) is 61.1 Å². The van der Waals surface area contributed by atoms with Crippen LogP contribution < -0.4 is 4.72 Å². The molecule has 0 aliphatic carbocycles. The van der Waals surface area contributed by atoms with Gasteiger partial charge in [0.2, 0.25) is 0 Å². The van der Waals surface area contributed by atoms with Crippen molar-refractivity contribution in [3.8, 4) is 0 Å². The first-order chi connectivity index (χ1) is 10.6. The van der Waals surface area contributed by atoms with E-state index in [0.717, 1.165) is 12.1 Å². The molecule has 23 heavy (non-hydrogen) atoms. The van der Waals surface area contributed by atoms with Gasteiger partial charge in [-0.3, -0.25) is 14.8 Å². The van der Waals surface area contributed by atoms with Crippen LogP contribution in [0.2, 0.25) is 15.1 Å². The van der Waals surface area contributed by atoms with Gasteiger partial charge in [0, 0.05) is 11.6 Å². The Kier molecular flexibility index (Phi) is 5.05. The summed E-state index contributed by atoms with van der Waals surface area (Å²) in [6.07, 6.45) is 0. The van der Waals surface area contributed by atoms with Gasteiger partial charge in [-0.25, -0.2) is 8.42 Å². The molecule has 0 bridgehead atoms. The van der Waals surface area contributed by atoms with Crippen LogP contribution in [0.1, 0.15) is 5.56 Å². The quantitative estimate of drug-likeness (QED) is 0.463. The van der Waals surface area contributed by atoms with Gasteiger partial charge in [-0.1, -0.05) is 40.9 Å². The van der Waals surface area contributed by atoms with Crippen LogP contribution in [-0.4, -0.2) is 13.3 Å². The molecule has 0 radical (unpaired) electrons. The zero-order chi connectivity index (χ0) is 17.4. The van der Waals surface area contributed by atoms with E-state index in [1.807, 2.05) is 0 Å². The average molecular weight is 396 g/mol. The fourth-order valence-corrected chi connectivity index (χ4v) is 3.84. The van der Waals surface area contributed by atoms with Crippen molar-refractivity contribution in [3.63, 3.8) is 0 Å². The SMILES string of the molecule is Cc1ccc(NS(=O)(=O)c2cc(Cl)c(Cl)cc2Cl)cc1[N+](=O)[O-]. The molecule has 2 rings (SSSR count). The number of nitrogens with zero attached hydrogens (tertiary/aromatic N) is 1. The maximum Gasteiger partial charge on any atom is 0.274 e. The molecule has 10 heteroatoms. The van der Waals surface area contributed by atoms with E-state index in [9.17, 15) is 18.5 Å². The summed E-state index contributed by atoms with van der Waals surface area (Å²) in [6.45, 7) is 1.55. The molecule has 0 saturated carbocycles. The predicted molar refractivity (Wildman–Crippen MR) is 90.1 cm³/mol. The lowest BCUT2D eigenvalue weighted by molar-refractivity contribution is -0.385. The number of nitro benzene ring substituents is 1. The number of anilines is 1. The molecule has 0 saturated heterocycles. The Balaban J connectivity index is 2.45. The van der Waals surface area contributed by atoms with Crippen LogP contribution in [0, 0.1) is 17.0 Å². The van der Waals surface area contributed by atoms with E-state index in [1.54, 1.807) is 6.92 Å². The summed E-state index contributed by atoms with van der Waals surface area (Å²) in [6, 6.07) is 6.28. The van der Waals surface area contributed by atoms with Crippen molar-refractivity contribution in [1.82, 2.24) is 0 Å². The number of benzene rings is 2. The largest absolute Gasteiger partial charge is 0.279 e. The third-order valence-electron chi connectivity index (χ3n) is 2.92. The Labute approximate surface area is 147 Å². The van der Waals surface area contributed by atoms with Crippen LogP contribution in [0.25, 0.3) is 0 Å². The average Bonchev–Trinajstić information content (AvgIpc) is 2.44. The number of nitrogens with one attached hydrogen (secondary N) is 1. The summed E-state index contributed by atoms with van der Waals surface area (Å²) in [5.41, 5.74) is 0.236. The van der Waals surface area contributed by atoms with Crippen LogP contribution in [0.3, 0.4) is 0 Å². The molecular weight excluding hydrogens is 387 g/mol. The summed E-state index contributed by atoms with van der Waals surface area (Å²) < 4.78 is 27.0. The van der Waals surface area contributed by atoms with E-state index in [4.69, 9.17) is 34.8 Å². The second-order valence-corrected chi connectivity index (χ2v) is 7.43. The van der Waals surface area contributed by atoms with Crippen molar-refractivity contribution in [1.29, 1.82) is 0 Å². The maximum atomic E-state index is 12.4. The summed E-state index contributed by atoms with van der Waals surface area (Å²) in [5, 5.41) is 10.9. The van der Waals surface area contributed by atoms with Gasteiger partial charge < -0.3 is 0 Å².